The molecule has 2 rings (SSSR count). The quantitative estimate of drug-likeness (QED) is 0.526. The van der Waals surface area contributed by atoms with Crippen LogP contribution in [-0.4, -0.2) is 41.1 Å². The van der Waals surface area contributed by atoms with E-state index >= 15 is 4.39 Å². The molecule has 1 aromatic heterocycles. The number of H-pyrrole nitrogens is 1. The Balaban J connectivity index is 2.26. The Bertz CT molecular complexity index is 882. The number of benzene rings is 1. The molecule has 2 amide bonds. The average Bonchev–Trinajstić information content (AvgIpc) is 3.04. The highest BCUT2D eigenvalue weighted by Crippen LogP contribution is 2.29. The number of amides is 2. The third-order valence-corrected chi connectivity index (χ3v) is 4.67. The first-order valence-electron chi connectivity index (χ1n) is 9.47. The summed E-state index contributed by atoms with van der Waals surface area (Å²) in [6, 6.07) is 4.68. The molecular weight excluding hydrogens is 459 g/mol. The maximum atomic E-state index is 15.2. The number of ether oxygens (including phenoxy) is 2. The highest BCUT2D eigenvalue weighted by atomic mass is 79.9. The number of hydrogen-bond donors (Lipinski definition) is 3. The second-order valence-electron chi connectivity index (χ2n) is 7.53. The fraction of sp³-hybridized carbons (Fsp3) is 0.450. The molecule has 0 saturated heterocycles. The van der Waals surface area contributed by atoms with Gasteiger partial charge in [-0.2, -0.15) is 5.10 Å². The lowest BCUT2D eigenvalue weighted by atomic mass is 9.93. The molecule has 8 nitrogen and oxygen atoms in total. The second-order valence-corrected chi connectivity index (χ2v) is 8.39. The molecule has 2 aromatic rings. The molecule has 0 aliphatic carbocycles. The van der Waals surface area contributed by atoms with Crippen LogP contribution in [0.1, 0.15) is 44.9 Å². The summed E-state index contributed by atoms with van der Waals surface area (Å²) in [6.45, 7) is 7.22. The number of hydrogen-bond acceptors (Lipinski definition) is 5. The molecule has 1 atom stereocenters. The minimum atomic E-state index is -0.742. The van der Waals surface area contributed by atoms with E-state index in [2.05, 4.69) is 36.8 Å². The van der Waals surface area contributed by atoms with Gasteiger partial charge in [0.05, 0.1) is 28.7 Å². The van der Waals surface area contributed by atoms with Crippen molar-refractivity contribution in [1.82, 2.24) is 15.5 Å². The van der Waals surface area contributed by atoms with Crippen molar-refractivity contribution in [2.75, 3.05) is 18.5 Å². The number of halogens is 2. The summed E-state index contributed by atoms with van der Waals surface area (Å²) in [7, 11) is 0. The standard InChI is InChI=1S/C20H26BrFN4O4/c1-5-29-19(28)25-15-8-6-7-13(17(15)22)12(9-16-14(21)11-24-26-16)10-23-18(27)30-20(2,3)4/h6-8,11-12H,5,9-10H2,1-4H3,(H,23,27)(H,24,26)(H,25,28). The van der Waals surface area contributed by atoms with E-state index in [4.69, 9.17) is 9.47 Å². The predicted molar refractivity (Wildman–Crippen MR) is 114 cm³/mol. The average molecular weight is 485 g/mol. The smallest absolute Gasteiger partial charge is 0.411 e. The number of aromatic amines is 1. The normalized spacial score (nSPS) is 12.2. The van der Waals surface area contributed by atoms with E-state index in [1.54, 1.807) is 46.0 Å². The van der Waals surface area contributed by atoms with E-state index in [0.29, 0.717) is 12.0 Å². The van der Waals surface area contributed by atoms with Gasteiger partial charge in [0.2, 0.25) is 0 Å². The molecule has 0 radical (unpaired) electrons. The molecule has 10 heteroatoms. The van der Waals surface area contributed by atoms with Crippen molar-refractivity contribution >= 4 is 33.8 Å². The second kappa shape index (κ2) is 10.4. The van der Waals surface area contributed by atoms with Crippen LogP contribution >= 0.6 is 15.9 Å². The number of rotatable bonds is 7. The highest BCUT2D eigenvalue weighted by molar-refractivity contribution is 9.10. The van der Waals surface area contributed by atoms with Gasteiger partial charge in [0.15, 0.2) is 0 Å². The van der Waals surface area contributed by atoms with Gasteiger partial charge in [-0.25, -0.2) is 14.0 Å². The number of carbonyl (C=O) groups excluding carboxylic acids is 2. The van der Waals surface area contributed by atoms with Crippen molar-refractivity contribution in [1.29, 1.82) is 0 Å². The van der Waals surface area contributed by atoms with Crippen molar-refractivity contribution in [3.8, 4) is 0 Å². The Labute approximate surface area is 183 Å². The first-order chi connectivity index (χ1) is 14.1. The zero-order valence-corrected chi connectivity index (χ0v) is 18.9. The maximum Gasteiger partial charge on any atom is 0.411 e. The molecule has 0 saturated carbocycles. The first kappa shape index (κ1) is 23.7. The van der Waals surface area contributed by atoms with Crippen molar-refractivity contribution < 1.29 is 23.5 Å². The number of carbonyl (C=O) groups is 2. The van der Waals surface area contributed by atoms with Crippen LogP contribution in [0.2, 0.25) is 0 Å². The molecular formula is C20H26BrFN4O4. The van der Waals surface area contributed by atoms with Gasteiger partial charge in [0.1, 0.15) is 11.4 Å². The number of anilines is 1. The molecule has 1 unspecified atom stereocenters. The van der Waals surface area contributed by atoms with Crippen LogP contribution in [-0.2, 0) is 15.9 Å². The fourth-order valence-electron chi connectivity index (χ4n) is 2.74. The Hall–Kier alpha value is -2.62. The van der Waals surface area contributed by atoms with Crippen molar-refractivity contribution in [2.45, 2.75) is 45.6 Å². The van der Waals surface area contributed by atoms with Crippen LogP contribution in [0.4, 0.5) is 19.7 Å². The molecule has 0 bridgehead atoms. The number of nitrogens with one attached hydrogen (secondary N) is 3. The van der Waals surface area contributed by atoms with E-state index in [9.17, 15) is 9.59 Å². The molecule has 164 valence electrons. The maximum absolute atomic E-state index is 15.2. The van der Waals surface area contributed by atoms with Gasteiger partial charge in [0, 0.05) is 12.5 Å². The van der Waals surface area contributed by atoms with Crippen LogP contribution in [0.15, 0.2) is 28.9 Å². The lowest BCUT2D eigenvalue weighted by Gasteiger charge is -2.23. The predicted octanol–water partition coefficient (Wildman–Crippen LogP) is 4.73. The molecule has 0 spiro atoms. The summed E-state index contributed by atoms with van der Waals surface area (Å²) in [5.74, 6) is -1.06. The van der Waals surface area contributed by atoms with Crippen molar-refractivity contribution in [2.24, 2.45) is 0 Å². The Morgan fingerprint density at radius 3 is 2.63 bits per heavy atom. The third-order valence-electron chi connectivity index (χ3n) is 3.99. The first-order valence-corrected chi connectivity index (χ1v) is 10.3. The van der Waals surface area contributed by atoms with Crippen LogP contribution in [0.5, 0.6) is 0 Å². The van der Waals surface area contributed by atoms with Crippen molar-refractivity contribution in [3.63, 3.8) is 0 Å². The Morgan fingerprint density at radius 1 is 1.30 bits per heavy atom. The number of alkyl carbamates (subject to hydrolysis) is 1. The lowest BCUT2D eigenvalue weighted by Crippen LogP contribution is -2.35. The summed E-state index contributed by atoms with van der Waals surface area (Å²) in [6.07, 6.45) is 0.615. The van der Waals surface area contributed by atoms with E-state index in [1.807, 2.05) is 0 Å². The molecule has 30 heavy (non-hydrogen) atoms. The molecule has 1 heterocycles. The Kier molecular flexibility index (Phi) is 8.22. The minimum Gasteiger partial charge on any atom is -0.450 e. The van der Waals surface area contributed by atoms with E-state index in [1.165, 1.54) is 6.07 Å². The number of aromatic nitrogens is 2. The number of nitrogens with zero attached hydrogens (tertiary/aromatic N) is 1. The van der Waals surface area contributed by atoms with Crippen molar-refractivity contribution in [3.05, 3.63) is 45.9 Å². The summed E-state index contributed by atoms with van der Waals surface area (Å²) in [5, 5.41) is 11.9. The summed E-state index contributed by atoms with van der Waals surface area (Å²) < 4.78 is 26.0. The van der Waals surface area contributed by atoms with E-state index in [0.717, 1.165) is 10.2 Å². The Morgan fingerprint density at radius 2 is 2.03 bits per heavy atom. The minimum absolute atomic E-state index is 0.00288. The lowest BCUT2D eigenvalue weighted by molar-refractivity contribution is 0.0524. The topological polar surface area (TPSA) is 105 Å². The van der Waals surface area contributed by atoms with Gasteiger partial charge in [-0.05, 0) is 61.7 Å². The summed E-state index contributed by atoms with van der Waals surface area (Å²) >= 11 is 3.40. The van der Waals surface area contributed by atoms with E-state index < -0.39 is 29.5 Å². The van der Waals surface area contributed by atoms with Crippen LogP contribution in [0.3, 0.4) is 0 Å². The van der Waals surface area contributed by atoms with E-state index in [-0.39, 0.29) is 18.8 Å². The molecule has 0 aliphatic rings. The monoisotopic (exact) mass is 484 g/mol. The van der Waals surface area contributed by atoms with Gasteiger partial charge >= 0.3 is 12.2 Å². The zero-order valence-electron chi connectivity index (χ0n) is 17.3. The fourth-order valence-corrected chi connectivity index (χ4v) is 3.09. The molecule has 0 aliphatic heterocycles. The van der Waals surface area contributed by atoms with Crippen LogP contribution < -0.4 is 10.6 Å². The molecule has 1 aromatic carbocycles. The third kappa shape index (κ3) is 7.01. The molecule has 0 fully saturated rings. The molecule has 3 N–H and O–H groups in total. The summed E-state index contributed by atoms with van der Waals surface area (Å²) in [4.78, 5) is 23.8. The van der Waals surface area contributed by atoms with Gasteiger partial charge in [-0.15, -0.1) is 0 Å². The zero-order chi connectivity index (χ0) is 22.3. The largest absolute Gasteiger partial charge is 0.450 e. The summed E-state index contributed by atoms with van der Waals surface area (Å²) in [5.41, 5.74) is 0.411. The SMILES string of the molecule is CCOC(=O)Nc1cccc(C(CNC(=O)OC(C)(C)C)Cc2[nH]ncc2Br)c1F. The highest BCUT2D eigenvalue weighted by Gasteiger charge is 2.23. The van der Waals surface area contributed by atoms with Gasteiger partial charge < -0.3 is 14.8 Å². The van der Waals surface area contributed by atoms with Crippen LogP contribution in [0, 0.1) is 5.82 Å². The van der Waals surface area contributed by atoms with Gasteiger partial charge in [0.25, 0.3) is 0 Å². The van der Waals surface area contributed by atoms with Gasteiger partial charge in [-0.1, -0.05) is 12.1 Å². The van der Waals surface area contributed by atoms with Gasteiger partial charge in [-0.3, -0.25) is 10.4 Å². The van der Waals surface area contributed by atoms with Crippen LogP contribution in [0.25, 0.3) is 0 Å².